The molecule has 1 aromatic rings. The van der Waals surface area contributed by atoms with Crippen LogP contribution in [0.1, 0.15) is 51.6 Å². The molecule has 0 saturated carbocycles. The van der Waals surface area contributed by atoms with Gasteiger partial charge in [-0.25, -0.2) is 0 Å². The predicted molar refractivity (Wildman–Crippen MR) is 73.2 cm³/mol. The van der Waals surface area contributed by atoms with E-state index in [0.29, 0.717) is 5.92 Å². The molecule has 0 radical (unpaired) electrons. The summed E-state index contributed by atoms with van der Waals surface area (Å²) in [6, 6.07) is 8.19. The fraction of sp³-hybridized carbons (Fsp3) is 0.600. The van der Waals surface area contributed by atoms with Gasteiger partial charge in [-0.3, -0.25) is 0 Å². The normalized spacial score (nSPS) is 12.8. The van der Waals surface area contributed by atoms with Gasteiger partial charge in [0.25, 0.3) is 0 Å². The van der Waals surface area contributed by atoms with E-state index in [-0.39, 0.29) is 6.04 Å². The van der Waals surface area contributed by atoms with Crippen LogP contribution in [0.2, 0.25) is 0 Å². The molecular formula is C15H25NO. The average Bonchev–Trinajstić information content (AvgIpc) is 2.39. The molecule has 17 heavy (non-hydrogen) atoms. The molecule has 1 rings (SSSR count). The van der Waals surface area contributed by atoms with E-state index in [1.807, 2.05) is 18.2 Å². The number of para-hydroxylation sites is 1. The van der Waals surface area contributed by atoms with Gasteiger partial charge in [-0.1, -0.05) is 51.8 Å². The van der Waals surface area contributed by atoms with E-state index in [2.05, 4.69) is 26.8 Å². The fourth-order valence-corrected chi connectivity index (χ4v) is 1.87. The molecule has 0 aliphatic heterocycles. The molecule has 0 spiro atoms. The minimum Gasteiger partial charge on any atom is -0.493 e. The van der Waals surface area contributed by atoms with Gasteiger partial charge >= 0.3 is 0 Å². The zero-order valence-corrected chi connectivity index (χ0v) is 11.3. The minimum absolute atomic E-state index is 0.0768. The molecule has 0 bridgehead atoms. The Morgan fingerprint density at radius 2 is 1.71 bits per heavy atom. The van der Waals surface area contributed by atoms with Gasteiger partial charge in [-0.2, -0.15) is 0 Å². The first-order valence-corrected chi connectivity index (χ1v) is 6.70. The Bertz CT molecular complexity index is 320. The topological polar surface area (TPSA) is 35.2 Å². The molecule has 0 unspecified atom stereocenters. The minimum atomic E-state index is 0.0768. The Kier molecular flexibility index (Phi) is 6.06. The highest BCUT2D eigenvalue weighted by molar-refractivity contribution is 5.35. The van der Waals surface area contributed by atoms with Crippen molar-refractivity contribution in [1.29, 1.82) is 0 Å². The molecule has 0 aliphatic rings. The molecule has 2 N–H and O–H groups in total. The number of benzene rings is 1. The van der Waals surface area contributed by atoms with Crippen LogP contribution in [0.3, 0.4) is 0 Å². The van der Waals surface area contributed by atoms with Crippen LogP contribution in [0.5, 0.6) is 5.75 Å². The highest BCUT2D eigenvalue weighted by Crippen LogP contribution is 2.26. The van der Waals surface area contributed by atoms with Crippen molar-refractivity contribution in [2.75, 3.05) is 6.61 Å². The van der Waals surface area contributed by atoms with Crippen molar-refractivity contribution in [2.45, 2.75) is 46.1 Å². The van der Waals surface area contributed by atoms with Gasteiger partial charge in [0.15, 0.2) is 0 Å². The molecule has 96 valence electrons. The number of hydrogen-bond acceptors (Lipinski definition) is 2. The van der Waals surface area contributed by atoms with E-state index in [4.69, 9.17) is 10.5 Å². The monoisotopic (exact) mass is 235 g/mol. The first kappa shape index (κ1) is 14.0. The third kappa shape index (κ3) is 4.04. The van der Waals surface area contributed by atoms with Crippen LogP contribution in [-0.4, -0.2) is 6.61 Å². The van der Waals surface area contributed by atoms with Gasteiger partial charge in [-0.05, 0) is 18.4 Å². The lowest BCUT2D eigenvalue weighted by Gasteiger charge is -2.18. The molecule has 1 aromatic carbocycles. The average molecular weight is 235 g/mol. The van der Waals surface area contributed by atoms with Crippen LogP contribution in [0.4, 0.5) is 0 Å². The lowest BCUT2D eigenvalue weighted by atomic mass is 10.0. The molecule has 0 amide bonds. The first-order chi connectivity index (χ1) is 8.22. The van der Waals surface area contributed by atoms with Crippen LogP contribution in [-0.2, 0) is 0 Å². The zero-order valence-electron chi connectivity index (χ0n) is 11.3. The van der Waals surface area contributed by atoms with Crippen molar-refractivity contribution in [1.82, 2.24) is 0 Å². The fourth-order valence-electron chi connectivity index (χ4n) is 1.87. The second-order valence-corrected chi connectivity index (χ2v) is 4.55. The molecule has 0 aliphatic carbocycles. The quantitative estimate of drug-likeness (QED) is 0.777. The van der Waals surface area contributed by atoms with Crippen LogP contribution >= 0.6 is 0 Å². The van der Waals surface area contributed by atoms with Crippen molar-refractivity contribution in [3.05, 3.63) is 29.8 Å². The first-order valence-electron chi connectivity index (χ1n) is 6.70. The molecule has 0 aromatic heterocycles. The third-order valence-corrected chi connectivity index (χ3v) is 3.39. The van der Waals surface area contributed by atoms with Crippen LogP contribution in [0.25, 0.3) is 0 Å². The standard InChI is InChI=1S/C15H25NO/c1-4-12(5-2)11-17-15-10-8-7-9-13(15)14(16)6-3/h7-10,12,14H,4-6,11,16H2,1-3H3/t14-/m1/s1. The van der Waals surface area contributed by atoms with Crippen molar-refractivity contribution in [3.8, 4) is 5.75 Å². The molecule has 2 heteroatoms. The Morgan fingerprint density at radius 1 is 1.06 bits per heavy atom. The van der Waals surface area contributed by atoms with Crippen molar-refractivity contribution >= 4 is 0 Å². The Hall–Kier alpha value is -1.02. The zero-order chi connectivity index (χ0) is 12.7. The molecule has 0 fully saturated rings. The van der Waals surface area contributed by atoms with E-state index < -0.39 is 0 Å². The van der Waals surface area contributed by atoms with Crippen LogP contribution in [0.15, 0.2) is 24.3 Å². The van der Waals surface area contributed by atoms with Crippen LogP contribution in [0, 0.1) is 5.92 Å². The highest BCUT2D eigenvalue weighted by Gasteiger charge is 2.11. The summed E-state index contributed by atoms with van der Waals surface area (Å²) in [4.78, 5) is 0. The summed E-state index contributed by atoms with van der Waals surface area (Å²) in [5.41, 5.74) is 7.21. The van der Waals surface area contributed by atoms with Gasteiger partial charge in [-0.15, -0.1) is 0 Å². The van der Waals surface area contributed by atoms with Gasteiger partial charge in [0.1, 0.15) is 5.75 Å². The summed E-state index contributed by atoms with van der Waals surface area (Å²) < 4.78 is 5.92. The van der Waals surface area contributed by atoms with Gasteiger partial charge < -0.3 is 10.5 Å². The van der Waals surface area contributed by atoms with E-state index >= 15 is 0 Å². The van der Waals surface area contributed by atoms with Crippen LogP contribution < -0.4 is 10.5 Å². The Labute approximate surface area is 105 Å². The lowest BCUT2D eigenvalue weighted by Crippen LogP contribution is -2.14. The second-order valence-electron chi connectivity index (χ2n) is 4.55. The summed E-state index contributed by atoms with van der Waals surface area (Å²) in [5, 5.41) is 0. The van der Waals surface area contributed by atoms with E-state index in [9.17, 15) is 0 Å². The van der Waals surface area contributed by atoms with Crippen molar-refractivity contribution in [3.63, 3.8) is 0 Å². The Morgan fingerprint density at radius 3 is 2.29 bits per heavy atom. The summed E-state index contributed by atoms with van der Waals surface area (Å²) in [6.07, 6.45) is 3.27. The maximum atomic E-state index is 6.09. The van der Waals surface area contributed by atoms with E-state index in [0.717, 1.165) is 24.3 Å². The molecule has 2 nitrogen and oxygen atoms in total. The molecule has 0 saturated heterocycles. The number of hydrogen-bond donors (Lipinski definition) is 1. The molecular weight excluding hydrogens is 210 g/mol. The number of nitrogens with two attached hydrogens (primary N) is 1. The largest absolute Gasteiger partial charge is 0.493 e. The molecule has 0 heterocycles. The highest BCUT2D eigenvalue weighted by atomic mass is 16.5. The lowest BCUT2D eigenvalue weighted by molar-refractivity contribution is 0.237. The third-order valence-electron chi connectivity index (χ3n) is 3.39. The smallest absolute Gasteiger partial charge is 0.124 e. The van der Waals surface area contributed by atoms with Crippen molar-refractivity contribution < 1.29 is 4.74 Å². The predicted octanol–water partition coefficient (Wildman–Crippen LogP) is 3.91. The van der Waals surface area contributed by atoms with Gasteiger partial charge in [0, 0.05) is 11.6 Å². The summed E-state index contributed by atoms with van der Waals surface area (Å²) in [7, 11) is 0. The van der Waals surface area contributed by atoms with Gasteiger partial charge in [0.2, 0.25) is 0 Å². The maximum absolute atomic E-state index is 6.09. The van der Waals surface area contributed by atoms with E-state index in [1.54, 1.807) is 0 Å². The number of rotatable bonds is 7. The maximum Gasteiger partial charge on any atom is 0.124 e. The van der Waals surface area contributed by atoms with Gasteiger partial charge in [0.05, 0.1) is 6.61 Å². The summed E-state index contributed by atoms with van der Waals surface area (Å²) >= 11 is 0. The SMILES string of the molecule is CCC(CC)COc1ccccc1[C@H](N)CC. The number of ether oxygens (including phenoxy) is 1. The van der Waals surface area contributed by atoms with E-state index in [1.165, 1.54) is 12.8 Å². The summed E-state index contributed by atoms with van der Waals surface area (Å²) in [5.74, 6) is 1.59. The van der Waals surface area contributed by atoms with Crippen molar-refractivity contribution in [2.24, 2.45) is 11.7 Å². The Balaban J connectivity index is 2.70. The molecule has 1 atom stereocenters. The summed E-state index contributed by atoms with van der Waals surface area (Å²) in [6.45, 7) is 7.31. The second kappa shape index (κ2) is 7.33.